The van der Waals surface area contributed by atoms with Crippen LogP contribution in [0.25, 0.3) is 0 Å². The number of hydrogen-bond donors (Lipinski definition) is 1. The Labute approximate surface area is 208 Å². The number of pyridine rings is 1. The van der Waals surface area contributed by atoms with Crippen molar-refractivity contribution in [2.75, 3.05) is 18.0 Å². The number of piperidine rings is 1. The summed E-state index contributed by atoms with van der Waals surface area (Å²) in [7, 11) is 0. The van der Waals surface area contributed by atoms with Crippen LogP contribution in [0, 0.1) is 11.2 Å². The first-order valence-corrected chi connectivity index (χ1v) is 12.1. The summed E-state index contributed by atoms with van der Waals surface area (Å²) in [5.74, 6) is -0.275. The maximum absolute atomic E-state index is 13.6. The number of nitrogens with one attached hydrogen (secondary N) is 1. The fourth-order valence-electron chi connectivity index (χ4n) is 5.21. The molecule has 1 aromatic heterocycles. The van der Waals surface area contributed by atoms with Crippen LogP contribution in [0.1, 0.15) is 43.1 Å². The van der Waals surface area contributed by atoms with E-state index in [4.69, 9.17) is 11.6 Å². The average Bonchev–Trinajstić information content (AvgIpc) is 2.87. The van der Waals surface area contributed by atoms with Gasteiger partial charge in [-0.15, -0.1) is 0 Å². The van der Waals surface area contributed by atoms with E-state index in [2.05, 4.69) is 10.3 Å². The molecule has 0 aliphatic carbocycles. The van der Waals surface area contributed by atoms with Gasteiger partial charge in [-0.05, 0) is 67.8 Å². The van der Waals surface area contributed by atoms with Gasteiger partial charge >= 0.3 is 6.03 Å². The summed E-state index contributed by atoms with van der Waals surface area (Å²) in [6, 6.07) is 18.4. The van der Waals surface area contributed by atoms with Crippen LogP contribution in [0.3, 0.4) is 0 Å². The van der Waals surface area contributed by atoms with Crippen molar-refractivity contribution in [3.8, 4) is 0 Å². The third kappa shape index (κ3) is 4.25. The number of aromatic nitrogens is 1. The number of carbonyl (C=O) groups is 2. The molecule has 180 valence electrons. The minimum Gasteiger partial charge on any atom is -0.331 e. The molecule has 2 saturated heterocycles. The number of benzene rings is 2. The number of carbonyl (C=O) groups excluding carboxylic acids is 2. The number of amides is 3. The highest BCUT2D eigenvalue weighted by atomic mass is 35.5. The molecule has 5 rings (SSSR count). The molecule has 3 amide bonds. The van der Waals surface area contributed by atoms with Crippen LogP contribution in [-0.4, -0.2) is 34.9 Å². The molecule has 6 nitrogen and oxygen atoms in total. The molecule has 2 aliphatic rings. The van der Waals surface area contributed by atoms with Gasteiger partial charge in [-0.25, -0.2) is 9.18 Å². The van der Waals surface area contributed by atoms with Crippen molar-refractivity contribution >= 4 is 29.2 Å². The monoisotopic (exact) mass is 492 g/mol. The molecular weight excluding hydrogens is 467 g/mol. The molecule has 8 heteroatoms. The summed E-state index contributed by atoms with van der Waals surface area (Å²) < 4.78 is 13.2. The van der Waals surface area contributed by atoms with Crippen molar-refractivity contribution in [1.29, 1.82) is 0 Å². The van der Waals surface area contributed by atoms with Gasteiger partial charge in [-0.2, -0.15) is 0 Å². The van der Waals surface area contributed by atoms with Crippen LogP contribution >= 0.6 is 11.6 Å². The average molecular weight is 493 g/mol. The van der Waals surface area contributed by atoms with Gasteiger partial charge in [0.05, 0.1) is 23.2 Å². The van der Waals surface area contributed by atoms with E-state index in [1.165, 1.54) is 12.1 Å². The number of rotatable bonds is 4. The Hall–Kier alpha value is -3.45. The van der Waals surface area contributed by atoms with Gasteiger partial charge in [0, 0.05) is 30.0 Å². The topological polar surface area (TPSA) is 65.5 Å². The van der Waals surface area contributed by atoms with Gasteiger partial charge in [0.15, 0.2) is 0 Å². The van der Waals surface area contributed by atoms with Crippen LogP contribution in [0.5, 0.6) is 0 Å². The third-order valence-corrected chi connectivity index (χ3v) is 7.37. The Morgan fingerprint density at radius 3 is 2.51 bits per heavy atom. The van der Waals surface area contributed by atoms with E-state index in [0.717, 1.165) is 16.9 Å². The minimum absolute atomic E-state index is 0.0372. The maximum Gasteiger partial charge on any atom is 0.317 e. The molecule has 1 spiro atoms. The highest BCUT2D eigenvalue weighted by Gasteiger charge is 2.62. The van der Waals surface area contributed by atoms with Crippen LogP contribution in [-0.2, 0) is 4.79 Å². The largest absolute Gasteiger partial charge is 0.331 e. The summed E-state index contributed by atoms with van der Waals surface area (Å²) in [5, 5.41) is 3.55. The molecule has 0 radical (unpaired) electrons. The fraction of sp³-hybridized carbons (Fsp3) is 0.296. The zero-order valence-corrected chi connectivity index (χ0v) is 20.1. The van der Waals surface area contributed by atoms with E-state index >= 15 is 0 Å². The second kappa shape index (κ2) is 9.30. The zero-order valence-electron chi connectivity index (χ0n) is 19.3. The Bertz CT molecular complexity index is 1230. The lowest BCUT2D eigenvalue weighted by Gasteiger charge is -2.58. The first kappa shape index (κ1) is 23.3. The van der Waals surface area contributed by atoms with Crippen LogP contribution in [0.4, 0.5) is 14.9 Å². The summed E-state index contributed by atoms with van der Waals surface area (Å²) in [4.78, 5) is 34.6. The van der Waals surface area contributed by atoms with Crippen molar-refractivity contribution < 1.29 is 14.0 Å². The molecule has 3 heterocycles. The summed E-state index contributed by atoms with van der Waals surface area (Å²) in [5.41, 5.74) is 1.79. The Balaban J connectivity index is 1.32. The van der Waals surface area contributed by atoms with E-state index < -0.39 is 5.41 Å². The second-order valence-corrected chi connectivity index (χ2v) is 9.61. The molecule has 3 aromatic rings. The number of likely N-dealkylation sites (tertiary alicyclic amines) is 1. The lowest BCUT2D eigenvalue weighted by Crippen LogP contribution is -2.67. The normalized spacial score (nSPS) is 19.9. The van der Waals surface area contributed by atoms with E-state index in [-0.39, 0.29) is 29.8 Å². The fourth-order valence-corrected chi connectivity index (χ4v) is 5.39. The molecule has 2 aliphatic heterocycles. The Kier molecular flexibility index (Phi) is 6.19. The van der Waals surface area contributed by atoms with Crippen LogP contribution in [0.2, 0.25) is 5.02 Å². The van der Waals surface area contributed by atoms with Crippen molar-refractivity contribution in [2.24, 2.45) is 5.41 Å². The summed E-state index contributed by atoms with van der Waals surface area (Å²) >= 11 is 6.21. The summed E-state index contributed by atoms with van der Waals surface area (Å²) in [6.07, 6.45) is 2.83. The molecular formula is C27H26ClFN4O2. The second-order valence-electron chi connectivity index (χ2n) is 9.18. The van der Waals surface area contributed by atoms with Crippen molar-refractivity contribution in [3.63, 3.8) is 0 Å². The van der Waals surface area contributed by atoms with Gasteiger partial charge < -0.3 is 15.1 Å². The van der Waals surface area contributed by atoms with Gasteiger partial charge in [0.1, 0.15) is 5.82 Å². The first-order chi connectivity index (χ1) is 16.9. The quantitative estimate of drug-likeness (QED) is 0.488. The molecule has 1 N–H and O–H groups in total. The Morgan fingerprint density at radius 2 is 1.86 bits per heavy atom. The highest BCUT2D eigenvalue weighted by Crippen LogP contribution is 2.57. The lowest BCUT2D eigenvalue weighted by atomic mass is 9.63. The third-order valence-electron chi connectivity index (χ3n) is 7.13. The zero-order chi connectivity index (χ0) is 24.6. The standard InChI is InChI=1S/C27H26ClFN4O2/c1-18(19-8-10-21(29)11-9-19)31-26(35)32-15-12-27(13-16-32)24(23-7-2-3-14-30-23)33(25(27)34)22-6-4-5-20(28)17-22/h2-11,14,17-18,24H,12-13,15-16H2,1H3,(H,31,35). The van der Waals surface area contributed by atoms with Gasteiger partial charge in [-0.3, -0.25) is 9.78 Å². The number of β-lactam (4-membered cyclic amide) rings is 1. The minimum atomic E-state index is -0.615. The Morgan fingerprint density at radius 1 is 1.11 bits per heavy atom. The lowest BCUT2D eigenvalue weighted by molar-refractivity contribution is -0.144. The predicted octanol–water partition coefficient (Wildman–Crippen LogP) is 5.52. The van der Waals surface area contributed by atoms with E-state index in [1.54, 1.807) is 40.3 Å². The first-order valence-electron chi connectivity index (χ1n) is 11.7. The van der Waals surface area contributed by atoms with E-state index in [1.807, 2.05) is 37.3 Å². The molecule has 35 heavy (non-hydrogen) atoms. The number of urea groups is 1. The molecule has 2 fully saturated rings. The van der Waals surface area contributed by atoms with Crippen molar-refractivity contribution in [2.45, 2.75) is 31.8 Å². The van der Waals surface area contributed by atoms with Gasteiger partial charge in [-0.1, -0.05) is 35.9 Å². The molecule has 2 unspecified atom stereocenters. The highest BCUT2D eigenvalue weighted by molar-refractivity contribution is 6.31. The van der Waals surface area contributed by atoms with E-state index in [9.17, 15) is 14.0 Å². The summed E-state index contributed by atoms with van der Waals surface area (Å²) in [6.45, 7) is 2.78. The SMILES string of the molecule is CC(NC(=O)N1CCC2(CC1)C(=O)N(c1cccc(Cl)c1)C2c1ccccn1)c1ccc(F)cc1. The van der Waals surface area contributed by atoms with Crippen molar-refractivity contribution in [3.05, 3.63) is 95.0 Å². The molecule has 2 atom stereocenters. The number of anilines is 1. The molecule has 2 aromatic carbocycles. The molecule has 0 bridgehead atoms. The van der Waals surface area contributed by atoms with Crippen molar-refractivity contribution in [1.82, 2.24) is 15.2 Å². The number of hydrogen-bond acceptors (Lipinski definition) is 3. The number of nitrogens with zero attached hydrogens (tertiary/aromatic N) is 3. The maximum atomic E-state index is 13.6. The molecule has 0 saturated carbocycles. The number of halogens is 2. The predicted molar refractivity (Wildman–Crippen MR) is 133 cm³/mol. The van der Waals surface area contributed by atoms with Crippen LogP contribution in [0.15, 0.2) is 72.9 Å². The van der Waals surface area contributed by atoms with Crippen LogP contribution < -0.4 is 10.2 Å². The smallest absolute Gasteiger partial charge is 0.317 e. The van der Waals surface area contributed by atoms with Gasteiger partial charge in [0.25, 0.3) is 0 Å². The van der Waals surface area contributed by atoms with E-state index in [0.29, 0.717) is 31.0 Å². The van der Waals surface area contributed by atoms with Gasteiger partial charge in [0.2, 0.25) is 5.91 Å².